The molecule has 0 aromatic heterocycles. The van der Waals surface area contributed by atoms with Gasteiger partial charge in [0.1, 0.15) is 12.1 Å². The van der Waals surface area contributed by atoms with E-state index in [1.165, 1.54) is 20.3 Å². The Kier molecular flexibility index (Phi) is 6.43. The molecule has 27 heavy (non-hydrogen) atoms. The zero-order valence-corrected chi connectivity index (χ0v) is 17.2. The number of rotatable bonds is 5. The van der Waals surface area contributed by atoms with Crippen LogP contribution in [0.1, 0.15) is 26.3 Å². The lowest BCUT2D eigenvalue weighted by atomic mass is 10.1. The van der Waals surface area contributed by atoms with Gasteiger partial charge in [-0.2, -0.15) is 0 Å². The summed E-state index contributed by atoms with van der Waals surface area (Å²) in [5, 5.41) is -0.222. The molecule has 0 saturated carbocycles. The summed E-state index contributed by atoms with van der Waals surface area (Å²) in [6.07, 6.45) is 1.48. The predicted octanol–water partition coefficient (Wildman–Crippen LogP) is 3.74. The number of amides is 2. The number of carbonyl (C=O) groups is 3. The van der Waals surface area contributed by atoms with Crippen LogP contribution in [0.2, 0.25) is 5.02 Å². The number of benzene rings is 1. The first kappa shape index (κ1) is 21.1. The molecule has 146 valence electrons. The summed E-state index contributed by atoms with van der Waals surface area (Å²) in [6, 6.07) is 3.15. The predicted molar refractivity (Wildman–Crippen MR) is 103 cm³/mol. The first-order valence-electron chi connectivity index (χ1n) is 7.94. The van der Waals surface area contributed by atoms with E-state index in [0.717, 1.165) is 16.7 Å². The SMILES string of the molecule is COc1cc(Cl)c(/C=C2\SC(=O)N(CC(=O)OC(C)(C)C)C2=O)cc1OC. The maximum atomic E-state index is 12.5. The highest BCUT2D eigenvalue weighted by Gasteiger charge is 2.37. The maximum absolute atomic E-state index is 12.5. The summed E-state index contributed by atoms with van der Waals surface area (Å²) in [6.45, 7) is 4.67. The van der Waals surface area contributed by atoms with Crippen molar-refractivity contribution in [2.24, 2.45) is 0 Å². The molecule has 0 unspecified atom stereocenters. The molecule has 1 aromatic rings. The highest BCUT2D eigenvalue weighted by atomic mass is 35.5. The van der Waals surface area contributed by atoms with E-state index in [2.05, 4.69) is 0 Å². The van der Waals surface area contributed by atoms with Crippen LogP contribution in [0, 0.1) is 0 Å². The Labute approximate surface area is 166 Å². The molecule has 1 heterocycles. The minimum absolute atomic E-state index is 0.151. The smallest absolute Gasteiger partial charge is 0.326 e. The lowest BCUT2D eigenvalue weighted by Gasteiger charge is -2.21. The third-order valence-electron chi connectivity index (χ3n) is 3.37. The van der Waals surface area contributed by atoms with Crippen LogP contribution in [0.5, 0.6) is 11.5 Å². The fourth-order valence-corrected chi connectivity index (χ4v) is 3.30. The molecule has 7 nitrogen and oxygen atoms in total. The number of ether oxygens (including phenoxy) is 3. The number of thioether (sulfide) groups is 1. The Bertz CT molecular complexity index is 815. The summed E-state index contributed by atoms with van der Waals surface area (Å²) < 4.78 is 15.5. The molecule has 0 bridgehead atoms. The second kappa shape index (κ2) is 8.22. The van der Waals surface area contributed by atoms with Crippen LogP contribution in [-0.4, -0.2) is 48.4 Å². The highest BCUT2D eigenvalue weighted by molar-refractivity contribution is 8.18. The van der Waals surface area contributed by atoms with E-state index in [1.54, 1.807) is 32.9 Å². The van der Waals surface area contributed by atoms with Crippen molar-refractivity contribution in [3.05, 3.63) is 27.6 Å². The number of nitrogens with zero attached hydrogens (tertiary/aromatic N) is 1. The van der Waals surface area contributed by atoms with Crippen molar-refractivity contribution in [2.45, 2.75) is 26.4 Å². The van der Waals surface area contributed by atoms with Gasteiger partial charge in [-0.3, -0.25) is 19.3 Å². The minimum Gasteiger partial charge on any atom is -0.493 e. The first-order chi connectivity index (χ1) is 12.6. The van der Waals surface area contributed by atoms with Gasteiger partial charge in [0, 0.05) is 6.07 Å². The molecular weight excluding hydrogens is 394 g/mol. The van der Waals surface area contributed by atoms with Crippen molar-refractivity contribution < 1.29 is 28.6 Å². The van der Waals surface area contributed by atoms with Gasteiger partial charge in [0.05, 0.1) is 24.1 Å². The average Bonchev–Trinajstić information content (AvgIpc) is 2.82. The van der Waals surface area contributed by atoms with Crippen molar-refractivity contribution in [3.8, 4) is 11.5 Å². The fourth-order valence-electron chi connectivity index (χ4n) is 2.26. The number of methoxy groups -OCH3 is 2. The first-order valence-corrected chi connectivity index (χ1v) is 9.14. The van der Waals surface area contributed by atoms with Crippen molar-refractivity contribution in [1.82, 2.24) is 4.90 Å². The molecule has 1 aliphatic rings. The number of imide groups is 1. The summed E-state index contributed by atoms with van der Waals surface area (Å²) >= 11 is 6.95. The average molecular weight is 414 g/mol. The molecule has 2 rings (SSSR count). The summed E-state index contributed by atoms with van der Waals surface area (Å²) in [7, 11) is 2.96. The van der Waals surface area contributed by atoms with Crippen LogP contribution in [0.4, 0.5) is 4.79 Å². The largest absolute Gasteiger partial charge is 0.493 e. The van der Waals surface area contributed by atoms with Gasteiger partial charge in [-0.25, -0.2) is 0 Å². The molecule has 9 heteroatoms. The number of esters is 1. The van der Waals surface area contributed by atoms with Gasteiger partial charge in [-0.15, -0.1) is 0 Å². The van der Waals surface area contributed by atoms with Gasteiger partial charge >= 0.3 is 5.97 Å². The van der Waals surface area contributed by atoms with Gasteiger partial charge in [-0.05, 0) is 50.2 Å². The molecule has 0 aliphatic carbocycles. The van der Waals surface area contributed by atoms with E-state index in [1.807, 2.05) is 0 Å². The molecule has 2 amide bonds. The molecular formula is C18H20ClNO6S. The Morgan fingerprint density at radius 1 is 1.19 bits per heavy atom. The van der Waals surface area contributed by atoms with E-state index in [4.69, 9.17) is 25.8 Å². The second-order valence-electron chi connectivity index (χ2n) is 6.58. The van der Waals surface area contributed by atoms with Crippen LogP contribution < -0.4 is 9.47 Å². The molecule has 0 atom stereocenters. The second-order valence-corrected chi connectivity index (χ2v) is 7.98. The molecule has 1 aromatic carbocycles. The van der Waals surface area contributed by atoms with Crippen LogP contribution in [0.25, 0.3) is 6.08 Å². The lowest BCUT2D eigenvalue weighted by Crippen LogP contribution is -2.37. The monoisotopic (exact) mass is 413 g/mol. The van der Waals surface area contributed by atoms with Crippen molar-refractivity contribution in [3.63, 3.8) is 0 Å². The minimum atomic E-state index is -0.706. The van der Waals surface area contributed by atoms with E-state index in [0.29, 0.717) is 22.1 Å². The zero-order chi connectivity index (χ0) is 20.4. The van der Waals surface area contributed by atoms with Gasteiger partial charge < -0.3 is 14.2 Å². The summed E-state index contributed by atoms with van der Waals surface area (Å²) in [5.74, 6) is -0.365. The number of hydrogen-bond donors (Lipinski definition) is 0. The molecule has 0 radical (unpaired) electrons. The van der Waals surface area contributed by atoms with E-state index in [9.17, 15) is 14.4 Å². The third kappa shape index (κ3) is 5.17. The Hall–Kier alpha value is -2.19. The molecule has 1 aliphatic heterocycles. The number of halogens is 1. The normalized spacial score (nSPS) is 16.1. The van der Waals surface area contributed by atoms with Crippen LogP contribution in [0.3, 0.4) is 0 Å². The fraction of sp³-hybridized carbons (Fsp3) is 0.389. The highest BCUT2D eigenvalue weighted by Crippen LogP contribution is 2.37. The maximum Gasteiger partial charge on any atom is 0.326 e. The Balaban J connectivity index is 2.25. The molecule has 0 N–H and O–H groups in total. The van der Waals surface area contributed by atoms with E-state index < -0.39 is 29.3 Å². The molecule has 0 spiro atoms. The number of carbonyl (C=O) groups excluding carboxylic acids is 3. The molecule has 1 saturated heterocycles. The van der Waals surface area contributed by atoms with Crippen LogP contribution >= 0.6 is 23.4 Å². The Morgan fingerprint density at radius 2 is 1.78 bits per heavy atom. The topological polar surface area (TPSA) is 82.1 Å². The van der Waals surface area contributed by atoms with E-state index in [-0.39, 0.29) is 4.91 Å². The number of hydrogen-bond acceptors (Lipinski definition) is 7. The molecule has 1 fully saturated rings. The lowest BCUT2D eigenvalue weighted by molar-refractivity contribution is -0.156. The van der Waals surface area contributed by atoms with Crippen LogP contribution in [0.15, 0.2) is 17.0 Å². The van der Waals surface area contributed by atoms with Gasteiger partial charge in [0.2, 0.25) is 0 Å². The quantitative estimate of drug-likeness (QED) is 0.537. The zero-order valence-electron chi connectivity index (χ0n) is 15.6. The van der Waals surface area contributed by atoms with Crippen molar-refractivity contribution >= 4 is 46.6 Å². The summed E-state index contributed by atoms with van der Waals surface area (Å²) in [4.78, 5) is 37.6. The standard InChI is InChI=1S/C18H20ClNO6S/c1-18(2,3)26-15(21)9-20-16(22)14(27-17(20)23)7-10-6-12(24-4)13(25-5)8-11(10)19/h6-8H,9H2,1-5H3/b14-7-. The third-order valence-corrected chi connectivity index (χ3v) is 4.61. The van der Waals surface area contributed by atoms with Crippen LogP contribution in [-0.2, 0) is 14.3 Å². The Morgan fingerprint density at radius 3 is 2.33 bits per heavy atom. The van der Waals surface area contributed by atoms with Gasteiger partial charge in [0.25, 0.3) is 11.1 Å². The van der Waals surface area contributed by atoms with E-state index >= 15 is 0 Å². The van der Waals surface area contributed by atoms with Crippen molar-refractivity contribution in [1.29, 1.82) is 0 Å². The summed E-state index contributed by atoms with van der Waals surface area (Å²) in [5.41, 5.74) is -0.223. The van der Waals surface area contributed by atoms with Crippen molar-refractivity contribution in [2.75, 3.05) is 20.8 Å². The van der Waals surface area contributed by atoms with Gasteiger partial charge in [-0.1, -0.05) is 11.6 Å². The van der Waals surface area contributed by atoms with Gasteiger partial charge in [0.15, 0.2) is 11.5 Å².